The maximum atomic E-state index is 6.34. The van der Waals surface area contributed by atoms with E-state index in [0.717, 1.165) is 29.1 Å². The summed E-state index contributed by atoms with van der Waals surface area (Å²) in [5.41, 5.74) is 2.62. The van der Waals surface area contributed by atoms with Crippen molar-refractivity contribution in [1.82, 2.24) is 5.32 Å². The first-order valence-electron chi connectivity index (χ1n) is 8.11. The standard InChI is InChI=1S/C18H23Cl2N/c19-16-7-6-14(18(20)11-16)10-15(12-21-17-8-9-17)13-4-2-1-3-5-13/h6-7,10-11,13,17,21H,1-5,8-9,12H2/b15-10-. The second-order valence-electron chi connectivity index (χ2n) is 6.38. The summed E-state index contributed by atoms with van der Waals surface area (Å²) in [6.07, 6.45) is 11.7. The normalized spacial score (nSPS) is 20.8. The molecule has 2 aliphatic rings. The van der Waals surface area contributed by atoms with Crippen LogP contribution in [0.15, 0.2) is 23.8 Å². The largest absolute Gasteiger partial charge is 0.310 e. The van der Waals surface area contributed by atoms with Crippen LogP contribution >= 0.6 is 23.2 Å². The van der Waals surface area contributed by atoms with Crippen molar-refractivity contribution in [2.45, 2.75) is 51.0 Å². The van der Waals surface area contributed by atoms with Gasteiger partial charge in [-0.05, 0) is 49.3 Å². The molecule has 0 aliphatic heterocycles. The molecule has 1 N–H and O–H groups in total. The zero-order valence-electron chi connectivity index (χ0n) is 12.4. The molecular weight excluding hydrogens is 301 g/mol. The summed E-state index contributed by atoms with van der Waals surface area (Å²) in [6.45, 7) is 1.01. The van der Waals surface area contributed by atoms with Crippen LogP contribution in [-0.2, 0) is 0 Å². The average molecular weight is 324 g/mol. The van der Waals surface area contributed by atoms with Gasteiger partial charge in [-0.25, -0.2) is 0 Å². The summed E-state index contributed by atoms with van der Waals surface area (Å²) in [6, 6.07) is 6.54. The predicted molar refractivity (Wildman–Crippen MR) is 92.0 cm³/mol. The Kier molecular flexibility index (Phi) is 5.26. The molecule has 0 heterocycles. The lowest BCUT2D eigenvalue weighted by molar-refractivity contribution is 0.396. The molecule has 2 fully saturated rings. The van der Waals surface area contributed by atoms with Gasteiger partial charge >= 0.3 is 0 Å². The van der Waals surface area contributed by atoms with Gasteiger partial charge in [0.05, 0.1) is 0 Å². The van der Waals surface area contributed by atoms with Gasteiger partial charge in [0.2, 0.25) is 0 Å². The lowest BCUT2D eigenvalue weighted by atomic mass is 9.83. The van der Waals surface area contributed by atoms with Gasteiger partial charge in [0.25, 0.3) is 0 Å². The van der Waals surface area contributed by atoms with Crippen molar-refractivity contribution in [3.8, 4) is 0 Å². The van der Waals surface area contributed by atoms with Gasteiger partial charge in [-0.15, -0.1) is 0 Å². The third-order valence-electron chi connectivity index (χ3n) is 4.61. The van der Waals surface area contributed by atoms with Crippen molar-refractivity contribution in [2.75, 3.05) is 6.54 Å². The van der Waals surface area contributed by atoms with Crippen LogP contribution in [0.2, 0.25) is 10.0 Å². The Labute approximate surface area is 137 Å². The highest BCUT2D eigenvalue weighted by Crippen LogP contribution is 2.33. The molecule has 21 heavy (non-hydrogen) atoms. The molecule has 1 aromatic rings. The van der Waals surface area contributed by atoms with Crippen LogP contribution in [-0.4, -0.2) is 12.6 Å². The van der Waals surface area contributed by atoms with E-state index < -0.39 is 0 Å². The summed E-state index contributed by atoms with van der Waals surface area (Å²) < 4.78 is 0. The van der Waals surface area contributed by atoms with E-state index in [4.69, 9.17) is 23.2 Å². The zero-order chi connectivity index (χ0) is 14.7. The lowest BCUT2D eigenvalue weighted by Gasteiger charge is -2.25. The van der Waals surface area contributed by atoms with Crippen molar-refractivity contribution in [3.05, 3.63) is 39.4 Å². The lowest BCUT2D eigenvalue weighted by Crippen LogP contribution is -2.24. The topological polar surface area (TPSA) is 12.0 Å². The van der Waals surface area contributed by atoms with Crippen LogP contribution in [0.4, 0.5) is 0 Å². The van der Waals surface area contributed by atoms with Crippen molar-refractivity contribution in [2.24, 2.45) is 5.92 Å². The van der Waals surface area contributed by atoms with Gasteiger partial charge in [-0.1, -0.05) is 60.2 Å². The van der Waals surface area contributed by atoms with Crippen molar-refractivity contribution in [1.29, 1.82) is 0 Å². The quantitative estimate of drug-likeness (QED) is 0.731. The second-order valence-corrected chi connectivity index (χ2v) is 7.22. The summed E-state index contributed by atoms with van der Waals surface area (Å²) >= 11 is 12.3. The number of hydrogen-bond acceptors (Lipinski definition) is 1. The van der Waals surface area contributed by atoms with Gasteiger partial charge in [-0.2, -0.15) is 0 Å². The molecule has 0 radical (unpaired) electrons. The Morgan fingerprint density at radius 2 is 1.86 bits per heavy atom. The monoisotopic (exact) mass is 323 g/mol. The van der Waals surface area contributed by atoms with E-state index in [1.807, 2.05) is 18.2 Å². The maximum Gasteiger partial charge on any atom is 0.0493 e. The Morgan fingerprint density at radius 1 is 1.10 bits per heavy atom. The van der Waals surface area contributed by atoms with E-state index >= 15 is 0 Å². The van der Waals surface area contributed by atoms with E-state index in [1.54, 1.807) is 0 Å². The Bertz CT molecular complexity index is 514. The Hall–Kier alpha value is -0.500. The number of hydrogen-bond donors (Lipinski definition) is 1. The van der Waals surface area contributed by atoms with Gasteiger partial charge in [0.15, 0.2) is 0 Å². The first kappa shape index (κ1) is 15.4. The van der Waals surface area contributed by atoms with Gasteiger partial charge < -0.3 is 5.32 Å². The third kappa shape index (κ3) is 4.48. The number of rotatable bonds is 5. The number of nitrogens with one attached hydrogen (secondary N) is 1. The highest BCUT2D eigenvalue weighted by Gasteiger charge is 2.23. The maximum absolute atomic E-state index is 6.34. The molecular formula is C18H23Cl2N. The summed E-state index contributed by atoms with van der Waals surface area (Å²) in [5.74, 6) is 0.719. The molecule has 3 heteroatoms. The molecule has 0 bridgehead atoms. The van der Waals surface area contributed by atoms with E-state index in [9.17, 15) is 0 Å². The molecule has 0 spiro atoms. The van der Waals surface area contributed by atoms with Crippen LogP contribution in [0.3, 0.4) is 0 Å². The smallest absolute Gasteiger partial charge is 0.0493 e. The number of halogens is 2. The fourth-order valence-electron chi connectivity index (χ4n) is 3.15. The first-order valence-corrected chi connectivity index (χ1v) is 8.87. The zero-order valence-corrected chi connectivity index (χ0v) is 13.9. The molecule has 0 unspecified atom stereocenters. The van der Waals surface area contributed by atoms with Crippen LogP contribution in [0.5, 0.6) is 0 Å². The molecule has 1 nitrogen and oxygen atoms in total. The number of benzene rings is 1. The molecule has 0 amide bonds. The van der Waals surface area contributed by atoms with Crippen molar-refractivity contribution in [3.63, 3.8) is 0 Å². The predicted octanol–water partition coefficient (Wildman–Crippen LogP) is 5.71. The molecule has 1 aromatic carbocycles. The molecule has 2 saturated carbocycles. The molecule has 2 aliphatic carbocycles. The molecule has 0 saturated heterocycles. The second kappa shape index (κ2) is 7.17. The van der Waals surface area contributed by atoms with E-state index in [2.05, 4.69) is 11.4 Å². The van der Waals surface area contributed by atoms with E-state index in [-0.39, 0.29) is 0 Å². The third-order valence-corrected chi connectivity index (χ3v) is 5.17. The van der Waals surface area contributed by atoms with Gasteiger partial charge in [0, 0.05) is 22.6 Å². The minimum Gasteiger partial charge on any atom is -0.310 e. The summed E-state index contributed by atoms with van der Waals surface area (Å²) in [7, 11) is 0. The Morgan fingerprint density at radius 3 is 2.52 bits per heavy atom. The highest BCUT2D eigenvalue weighted by molar-refractivity contribution is 6.35. The summed E-state index contributed by atoms with van der Waals surface area (Å²) in [4.78, 5) is 0. The average Bonchev–Trinajstić information content (AvgIpc) is 3.31. The fourth-order valence-corrected chi connectivity index (χ4v) is 3.62. The first-order chi connectivity index (χ1) is 10.2. The molecule has 114 valence electrons. The fraction of sp³-hybridized carbons (Fsp3) is 0.556. The minimum absolute atomic E-state index is 0.701. The van der Waals surface area contributed by atoms with Crippen molar-refractivity contribution >= 4 is 29.3 Å². The summed E-state index contributed by atoms with van der Waals surface area (Å²) in [5, 5.41) is 5.12. The van der Waals surface area contributed by atoms with E-state index in [1.165, 1.54) is 50.5 Å². The Balaban J connectivity index is 1.79. The SMILES string of the molecule is Clc1ccc(/C=C(/CNC2CC2)C2CCCCC2)c(Cl)c1. The molecule has 0 atom stereocenters. The van der Waals surface area contributed by atoms with Crippen molar-refractivity contribution < 1.29 is 0 Å². The van der Waals surface area contributed by atoms with Gasteiger partial charge in [-0.3, -0.25) is 0 Å². The van der Waals surface area contributed by atoms with Crippen LogP contribution in [0, 0.1) is 5.92 Å². The van der Waals surface area contributed by atoms with Crippen LogP contribution < -0.4 is 5.32 Å². The molecule has 3 rings (SSSR count). The highest BCUT2D eigenvalue weighted by atomic mass is 35.5. The van der Waals surface area contributed by atoms with Gasteiger partial charge in [0.1, 0.15) is 0 Å². The van der Waals surface area contributed by atoms with E-state index in [0.29, 0.717) is 5.02 Å². The minimum atomic E-state index is 0.701. The molecule has 0 aromatic heterocycles. The van der Waals surface area contributed by atoms with Crippen LogP contribution in [0.1, 0.15) is 50.5 Å². The van der Waals surface area contributed by atoms with Crippen LogP contribution in [0.25, 0.3) is 6.08 Å².